The van der Waals surface area contributed by atoms with Crippen LogP contribution in [0.1, 0.15) is 27.9 Å². The van der Waals surface area contributed by atoms with Crippen molar-refractivity contribution in [2.45, 2.75) is 19.8 Å². The van der Waals surface area contributed by atoms with Crippen molar-refractivity contribution in [1.29, 1.82) is 0 Å². The van der Waals surface area contributed by atoms with Crippen molar-refractivity contribution < 1.29 is 4.79 Å². The molecule has 1 heterocycles. The molecule has 2 nitrogen and oxygen atoms in total. The smallest absolute Gasteiger partial charge is 0.163 e. The third-order valence-electron chi connectivity index (χ3n) is 3.81. The number of carbonyl (C=O) groups is 1. The van der Waals surface area contributed by atoms with Gasteiger partial charge in [-0.1, -0.05) is 42.5 Å². The molecule has 3 rings (SSSR count). The van der Waals surface area contributed by atoms with E-state index in [2.05, 4.69) is 24.0 Å². The molecule has 0 radical (unpaired) electrons. The van der Waals surface area contributed by atoms with Crippen LogP contribution in [0.25, 0.3) is 10.9 Å². The SMILES string of the molecule is Cc1ccccc1CCC(=O)c1ccc2cccnc2c1. The predicted octanol–water partition coefficient (Wildman–Crippen LogP) is 4.36. The number of nitrogens with zero attached hydrogens (tertiary/aromatic N) is 1. The van der Waals surface area contributed by atoms with Crippen molar-refractivity contribution in [3.63, 3.8) is 0 Å². The molecule has 0 saturated carbocycles. The molecule has 0 bridgehead atoms. The molecular formula is C19H17NO. The molecule has 0 amide bonds. The number of hydrogen-bond donors (Lipinski definition) is 0. The minimum atomic E-state index is 0.172. The summed E-state index contributed by atoms with van der Waals surface area (Å²) >= 11 is 0. The quantitative estimate of drug-likeness (QED) is 0.662. The van der Waals surface area contributed by atoms with Crippen LogP contribution in [0.2, 0.25) is 0 Å². The highest BCUT2D eigenvalue weighted by Crippen LogP contribution is 2.16. The lowest BCUT2D eigenvalue weighted by Crippen LogP contribution is -2.02. The Morgan fingerprint density at radius 2 is 1.90 bits per heavy atom. The van der Waals surface area contributed by atoms with E-state index in [4.69, 9.17) is 0 Å². The Labute approximate surface area is 124 Å². The number of aryl methyl sites for hydroxylation is 2. The van der Waals surface area contributed by atoms with Crippen LogP contribution in [0.3, 0.4) is 0 Å². The average Bonchev–Trinajstić information content (AvgIpc) is 2.53. The van der Waals surface area contributed by atoms with Gasteiger partial charge in [-0.15, -0.1) is 0 Å². The topological polar surface area (TPSA) is 30.0 Å². The van der Waals surface area contributed by atoms with E-state index in [-0.39, 0.29) is 5.78 Å². The van der Waals surface area contributed by atoms with Crippen molar-refractivity contribution in [2.75, 3.05) is 0 Å². The average molecular weight is 275 g/mol. The van der Waals surface area contributed by atoms with Gasteiger partial charge in [-0.05, 0) is 36.6 Å². The number of fused-ring (bicyclic) bond motifs is 1. The first-order chi connectivity index (χ1) is 10.2. The molecule has 0 spiro atoms. The summed E-state index contributed by atoms with van der Waals surface area (Å²) in [6, 6.07) is 17.9. The lowest BCUT2D eigenvalue weighted by atomic mass is 9.99. The van der Waals surface area contributed by atoms with Gasteiger partial charge in [0, 0.05) is 23.6 Å². The molecule has 0 atom stereocenters. The highest BCUT2D eigenvalue weighted by molar-refractivity contribution is 5.99. The van der Waals surface area contributed by atoms with E-state index in [0.29, 0.717) is 6.42 Å². The summed E-state index contributed by atoms with van der Waals surface area (Å²) in [4.78, 5) is 16.6. The molecule has 3 aromatic rings. The van der Waals surface area contributed by atoms with E-state index in [9.17, 15) is 4.79 Å². The molecule has 1 aromatic heterocycles. The van der Waals surface area contributed by atoms with E-state index in [1.807, 2.05) is 42.5 Å². The molecular weight excluding hydrogens is 258 g/mol. The summed E-state index contributed by atoms with van der Waals surface area (Å²) in [5.41, 5.74) is 4.10. The minimum absolute atomic E-state index is 0.172. The first kappa shape index (κ1) is 13.5. The van der Waals surface area contributed by atoms with Gasteiger partial charge in [0.25, 0.3) is 0 Å². The van der Waals surface area contributed by atoms with Gasteiger partial charge < -0.3 is 0 Å². The van der Waals surface area contributed by atoms with Crippen LogP contribution in [-0.4, -0.2) is 10.8 Å². The third kappa shape index (κ3) is 3.00. The molecule has 2 aromatic carbocycles. The van der Waals surface area contributed by atoms with Gasteiger partial charge >= 0.3 is 0 Å². The molecule has 0 aliphatic carbocycles. The first-order valence-electron chi connectivity index (χ1n) is 7.16. The molecule has 0 aliphatic rings. The largest absolute Gasteiger partial charge is 0.294 e. The summed E-state index contributed by atoms with van der Waals surface area (Å²) in [6.07, 6.45) is 3.07. The first-order valence-corrected chi connectivity index (χ1v) is 7.16. The van der Waals surface area contributed by atoms with E-state index in [1.54, 1.807) is 6.20 Å². The number of aromatic nitrogens is 1. The Balaban J connectivity index is 1.76. The Kier molecular flexibility index (Phi) is 3.78. The van der Waals surface area contributed by atoms with Crippen LogP contribution in [0.15, 0.2) is 60.8 Å². The van der Waals surface area contributed by atoms with Crippen LogP contribution in [0, 0.1) is 6.92 Å². The van der Waals surface area contributed by atoms with E-state index >= 15 is 0 Å². The van der Waals surface area contributed by atoms with Crippen molar-refractivity contribution in [3.8, 4) is 0 Å². The molecule has 104 valence electrons. The molecule has 0 aliphatic heterocycles. The maximum Gasteiger partial charge on any atom is 0.163 e. The second-order valence-corrected chi connectivity index (χ2v) is 5.26. The number of pyridine rings is 1. The normalized spacial score (nSPS) is 10.7. The monoisotopic (exact) mass is 275 g/mol. The van der Waals surface area contributed by atoms with Gasteiger partial charge in [-0.2, -0.15) is 0 Å². The Morgan fingerprint density at radius 3 is 2.76 bits per heavy atom. The van der Waals surface area contributed by atoms with Crippen LogP contribution < -0.4 is 0 Å². The molecule has 0 N–H and O–H groups in total. The Morgan fingerprint density at radius 1 is 1.05 bits per heavy atom. The predicted molar refractivity (Wildman–Crippen MR) is 85.6 cm³/mol. The third-order valence-corrected chi connectivity index (χ3v) is 3.81. The maximum absolute atomic E-state index is 12.3. The minimum Gasteiger partial charge on any atom is -0.294 e. The van der Waals surface area contributed by atoms with Crippen LogP contribution in [0.5, 0.6) is 0 Å². The molecule has 0 unspecified atom stereocenters. The van der Waals surface area contributed by atoms with Crippen molar-refractivity contribution in [3.05, 3.63) is 77.5 Å². The van der Waals surface area contributed by atoms with Gasteiger partial charge in [-0.3, -0.25) is 9.78 Å². The van der Waals surface area contributed by atoms with Gasteiger partial charge in [0.1, 0.15) is 0 Å². The number of ketones is 1. The fraction of sp³-hybridized carbons (Fsp3) is 0.158. The summed E-state index contributed by atoms with van der Waals surface area (Å²) in [7, 11) is 0. The highest BCUT2D eigenvalue weighted by Gasteiger charge is 2.08. The zero-order valence-corrected chi connectivity index (χ0v) is 12.0. The van der Waals surface area contributed by atoms with E-state index in [0.717, 1.165) is 22.9 Å². The van der Waals surface area contributed by atoms with Gasteiger partial charge in [-0.25, -0.2) is 0 Å². The van der Waals surface area contributed by atoms with Crippen molar-refractivity contribution in [2.24, 2.45) is 0 Å². The molecule has 21 heavy (non-hydrogen) atoms. The second-order valence-electron chi connectivity index (χ2n) is 5.26. The van der Waals surface area contributed by atoms with Gasteiger partial charge in [0.15, 0.2) is 5.78 Å². The Bertz CT molecular complexity index is 792. The summed E-state index contributed by atoms with van der Waals surface area (Å²) in [6.45, 7) is 2.08. The van der Waals surface area contributed by atoms with Gasteiger partial charge in [0.2, 0.25) is 0 Å². The second kappa shape index (κ2) is 5.88. The number of hydrogen-bond acceptors (Lipinski definition) is 2. The van der Waals surface area contributed by atoms with E-state index < -0.39 is 0 Å². The summed E-state index contributed by atoms with van der Waals surface area (Å²) in [5.74, 6) is 0.172. The van der Waals surface area contributed by atoms with Gasteiger partial charge in [0.05, 0.1) is 5.52 Å². The van der Waals surface area contributed by atoms with Crippen LogP contribution in [0.4, 0.5) is 0 Å². The Hall–Kier alpha value is -2.48. The fourth-order valence-corrected chi connectivity index (χ4v) is 2.52. The van der Waals surface area contributed by atoms with E-state index in [1.165, 1.54) is 11.1 Å². The fourth-order valence-electron chi connectivity index (χ4n) is 2.52. The lowest BCUT2D eigenvalue weighted by Gasteiger charge is -2.06. The molecule has 0 fully saturated rings. The summed E-state index contributed by atoms with van der Waals surface area (Å²) < 4.78 is 0. The van der Waals surface area contributed by atoms with Crippen LogP contribution in [-0.2, 0) is 6.42 Å². The summed E-state index contributed by atoms with van der Waals surface area (Å²) in [5, 5.41) is 1.06. The number of benzene rings is 2. The number of rotatable bonds is 4. The highest BCUT2D eigenvalue weighted by atomic mass is 16.1. The van der Waals surface area contributed by atoms with Crippen molar-refractivity contribution in [1.82, 2.24) is 4.98 Å². The zero-order valence-electron chi connectivity index (χ0n) is 12.0. The zero-order chi connectivity index (χ0) is 14.7. The maximum atomic E-state index is 12.3. The molecule has 0 saturated heterocycles. The molecule has 2 heteroatoms. The lowest BCUT2D eigenvalue weighted by molar-refractivity contribution is 0.0983. The standard InChI is InChI=1S/C19H17NO/c1-14-5-2-3-6-15(14)10-11-19(21)17-9-8-16-7-4-12-20-18(16)13-17/h2-9,12-13H,10-11H2,1H3. The number of carbonyl (C=O) groups excluding carboxylic acids is 1. The van der Waals surface area contributed by atoms with Crippen LogP contribution >= 0.6 is 0 Å². The number of Topliss-reactive ketones (excluding diaryl/α,β-unsaturated/α-hetero) is 1. The van der Waals surface area contributed by atoms with Crippen molar-refractivity contribution >= 4 is 16.7 Å².